The van der Waals surface area contributed by atoms with Crippen LogP contribution in [0.5, 0.6) is 0 Å². The van der Waals surface area contributed by atoms with Crippen LogP contribution in [0, 0.1) is 0 Å². The first kappa shape index (κ1) is 16.9. The standard InChI is InChI=1S/C11H24N2.C2H6/c1-6-8-13(10(3)4)9-11(5)12-7-2;1-2/h10,12H,5-9H2,1-4H3;1-2H3. The van der Waals surface area contributed by atoms with Crippen LogP contribution >= 0.6 is 0 Å². The van der Waals surface area contributed by atoms with Crippen molar-refractivity contribution in [2.75, 3.05) is 19.6 Å². The van der Waals surface area contributed by atoms with Crippen molar-refractivity contribution in [3.63, 3.8) is 0 Å². The van der Waals surface area contributed by atoms with Crippen LogP contribution in [0.1, 0.15) is 48.0 Å². The Labute approximate surface area is 96.7 Å². The highest BCUT2D eigenvalue weighted by molar-refractivity contribution is 4.94. The number of nitrogens with zero attached hydrogens (tertiary/aromatic N) is 1. The fraction of sp³-hybridized carbons (Fsp3) is 0.846. The topological polar surface area (TPSA) is 15.3 Å². The van der Waals surface area contributed by atoms with Gasteiger partial charge in [0.2, 0.25) is 0 Å². The lowest BCUT2D eigenvalue weighted by Crippen LogP contribution is -2.35. The molecule has 0 aliphatic carbocycles. The van der Waals surface area contributed by atoms with Gasteiger partial charge in [-0.1, -0.05) is 27.4 Å². The molecule has 0 aliphatic rings. The monoisotopic (exact) mass is 214 g/mol. The third-order valence-corrected chi connectivity index (χ3v) is 2.06. The molecule has 0 aliphatic heterocycles. The van der Waals surface area contributed by atoms with Gasteiger partial charge >= 0.3 is 0 Å². The van der Waals surface area contributed by atoms with Gasteiger partial charge in [0.15, 0.2) is 0 Å². The lowest BCUT2D eigenvalue weighted by Gasteiger charge is -2.26. The molecule has 2 heteroatoms. The van der Waals surface area contributed by atoms with Crippen LogP contribution in [0.4, 0.5) is 0 Å². The summed E-state index contributed by atoms with van der Waals surface area (Å²) in [7, 11) is 0. The van der Waals surface area contributed by atoms with E-state index in [2.05, 4.69) is 44.5 Å². The molecule has 2 nitrogen and oxygen atoms in total. The van der Waals surface area contributed by atoms with Gasteiger partial charge in [0.25, 0.3) is 0 Å². The van der Waals surface area contributed by atoms with E-state index in [1.54, 1.807) is 0 Å². The molecule has 0 amide bonds. The van der Waals surface area contributed by atoms with E-state index in [0.29, 0.717) is 6.04 Å². The molecule has 0 atom stereocenters. The second-order valence-electron chi connectivity index (χ2n) is 3.70. The van der Waals surface area contributed by atoms with E-state index in [-0.39, 0.29) is 0 Å². The van der Waals surface area contributed by atoms with Crippen molar-refractivity contribution in [2.24, 2.45) is 0 Å². The molecule has 92 valence electrons. The van der Waals surface area contributed by atoms with Crippen LogP contribution in [0.2, 0.25) is 0 Å². The molecule has 0 heterocycles. The van der Waals surface area contributed by atoms with Crippen LogP contribution in [0.25, 0.3) is 0 Å². The van der Waals surface area contributed by atoms with Crippen molar-refractivity contribution in [3.05, 3.63) is 12.3 Å². The van der Waals surface area contributed by atoms with Crippen molar-refractivity contribution in [1.29, 1.82) is 0 Å². The SMILES string of the molecule is C=C(CN(CCC)C(C)C)NCC.CC. The van der Waals surface area contributed by atoms with Crippen LogP contribution < -0.4 is 5.32 Å². The first-order valence-corrected chi connectivity index (χ1v) is 6.27. The van der Waals surface area contributed by atoms with E-state index in [9.17, 15) is 0 Å². The number of hydrogen-bond donors (Lipinski definition) is 1. The minimum atomic E-state index is 0.607. The van der Waals surface area contributed by atoms with Crippen LogP contribution in [-0.2, 0) is 0 Å². The van der Waals surface area contributed by atoms with E-state index in [1.165, 1.54) is 6.42 Å². The summed E-state index contributed by atoms with van der Waals surface area (Å²) in [5.74, 6) is 0. The summed E-state index contributed by atoms with van der Waals surface area (Å²) >= 11 is 0. The predicted molar refractivity (Wildman–Crippen MR) is 71.2 cm³/mol. The highest BCUT2D eigenvalue weighted by Gasteiger charge is 2.08. The van der Waals surface area contributed by atoms with Crippen LogP contribution in [-0.4, -0.2) is 30.6 Å². The summed E-state index contributed by atoms with van der Waals surface area (Å²) < 4.78 is 0. The Morgan fingerprint density at radius 2 is 1.80 bits per heavy atom. The van der Waals surface area contributed by atoms with Gasteiger partial charge in [0, 0.05) is 24.8 Å². The molecule has 0 rings (SSSR count). The first-order chi connectivity index (χ1) is 7.11. The van der Waals surface area contributed by atoms with E-state index >= 15 is 0 Å². The van der Waals surface area contributed by atoms with Gasteiger partial charge in [-0.15, -0.1) is 0 Å². The maximum absolute atomic E-state index is 4.00. The Kier molecular flexibility index (Phi) is 13.1. The molecule has 0 aromatic carbocycles. The van der Waals surface area contributed by atoms with Crippen molar-refractivity contribution >= 4 is 0 Å². The maximum Gasteiger partial charge on any atom is 0.0378 e. The Morgan fingerprint density at radius 3 is 2.13 bits per heavy atom. The molecule has 0 unspecified atom stereocenters. The molecule has 0 saturated heterocycles. The smallest absolute Gasteiger partial charge is 0.0378 e. The van der Waals surface area contributed by atoms with Gasteiger partial charge in [-0.25, -0.2) is 0 Å². The maximum atomic E-state index is 4.00. The molecule has 0 bridgehead atoms. The minimum Gasteiger partial charge on any atom is -0.388 e. The fourth-order valence-corrected chi connectivity index (χ4v) is 1.36. The molecule has 0 aromatic heterocycles. The van der Waals surface area contributed by atoms with Crippen LogP contribution in [0.15, 0.2) is 12.3 Å². The quantitative estimate of drug-likeness (QED) is 0.700. The normalized spacial score (nSPS) is 9.87. The molecule has 0 spiro atoms. The van der Waals surface area contributed by atoms with E-state index in [0.717, 1.165) is 25.3 Å². The number of likely N-dealkylation sites (N-methyl/N-ethyl adjacent to an activating group) is 1. The lowest BCUT2D eigenvalue weighted by molar-refractivity contribution is 0.237. The lowest BCUT2D eigenvalue weighted by atomic mass is 10.2. The molecule has 15 heavy (non-hydrogen) atoms. The Hall–Kier alpha value is -0.500. The highest BCUT2D eigenvalue weighted by atomic mass is 15.2. The Bertz CT molecular complexity index is 141. The fourth-order valence-electron chi connectivity index (χ4n) is 1.36. The van der Waals surface area contributed by atoms with Gasteiger partial charge in [0.1, 0.15) is 0 Å². The summed E-state index contributed by atoms with van der Waals surface area (Å²) in [6.45, 7) is 19.9. The summed E-state index contributed by atoms with van der Waals surface area (Å²) in [6, 6.07) is 0.607. The van der Waals surface area contributed by atoms with E-state index in [4.69, 9.17) is 0 Å². The van der Waals surface area contributed by atoms with Crippen LogP contribution in [0.3, 0.4) is 0 Å². The van der Waals surface area contributed by atoms with Gasteiger partial charge < -0.3 is 5.32 Å². The molecule has 0 fully saturated rings. The molecule has 1 N–H and O–H groups in total. The summed E-state index contributed by atoms with van der Waals surface area (Å²) in [5.41, 5.74) is 1.13. The molecule has 0 radical (unpaired) electrons. The van der Waals surface area contributed by atoms with Crippen molar-refractivity contribution in [3.8, 4) is 0 Å². The highest BCUT2D eigenvalue weighted by Crippen LogP contribution is 2.01. The second-order valence-corrected chi connectivity index (χ2v) is 3.70. The summed E-state index contributed by atoms with van der Waals surface area (Å²) in [4.78, 5) is 2.44. The average molecular weight is 214 g/mol. The molecule has 0 saturated carbocycles. The second kappa shape index (κ2) is 11.6. The van der Waals surface area contributed by atoms with Crippen molar-refractivity contribution < 1.29 is 0 Å². The number of nitrogens with one attached hydrogen (secondary N) is 1. The number of rotatable bonds is 7. The van der Waals surface area contributed by atoms with Gasteiger partial charge in [-0.3, -0.25) is 4.90 Å². The van der Waals surface area contributed by atoms with Gasteiger partial charge in [0.05, 0.1) is 0 Å². The van der Waals surface area contributed by atoms with E-state index < -0.39 is 0 Å². The zero-order valence-corrected chi connectivity index (χ0v) is 11.6. The Balaban J connectivity index is 0. The average Bonchev–Trinajstić information content (AvgIpc) is 2.20. The van der Waals surface area contributed by atoms with E-state index in [1.807, 2.05) is 13.8 Å². The minimum absolute atomic E-state index is 0.607. The third kappa shape index (κ3) is 9.80. The first-order valence-electron chi connectivity index (χ1n) is 6.27. The zero-order chi connectivity index (χ0) is 12.3. The van der Waals surface area contributed by atoms with Crippen molar-refractivity contribution in [1.82, 2.24) is 10.2 Å². The molecular formula is C13H30N2. The summed E-state index contributed by atoms with van der Waals surface area (Å²) in [6.07, 6.45) is 1.21. The van der Waals surface area contributed by atoms with Crippen molar-refractivity contribution in [2.45, 2.75) is 54.0 Å². The largest absolute Gasteiger partial charge is 0.388 e. The van der Waals surface area contributed by atoms with Gasteiger partial charge in [-0.2, -0.15) is 0 Å². The zero-order valence-electron chi connectivity index (χ0n) is 11.6. The third-order valence-electron chi connectivity index (χ3n) is 2.06. The predicted octanol–water partition coefficient (Wildman–Crippen LogP) is 3.26. The molecular weight excluding hydrogens is 184 g/mol. The Morgan fingerprint density at radius 1 is 1.27 bits per heavy atom. The number of hydrogen-bond acceptors (Lipinski definition) is 2. The molecule has 0 aromatic rings. The summed E-state index contributed by atoms with van der Waals surface area (Å²) in [5, 5.41) is 3.25. The van der Waals surface area contributed by atoms with Gasteiger partial charge in [-0.05, 0) is 33.7 Å².